The number of esters is 2. The van der Waals surface area contributed by atoms with Crippen LogP contribution in [0, 0.1) is 12.8 Å². The Kier molecular flexibility index (Phi) is 7.78. The van der Waals surface area contributed by atoms with Gasteiger partial charge in [0, 0.05) is 5.56 Å². The molecule has 0 saturated heterocycles. The van der Waals surface area contributed by atoms with Crippen LogP contribution in [-0.4, -0.2) is 42.8 Å². The fourth-order valence-corrected chi connectivity index (χ4v) is 2.89. The van der Waals surface area contributed by atoms with Crippen molar-refractivity contribution in [3.63, 3.8) is 0 Å². The Morgan fingerprint density at radius 1 is 1.28 bits per heavy atom. The maximum absolute atomic E-state index is 12.6. The van der Waals surface area contributed by atoms with Crippen molar-refractivity contribution in [1.29, 1.82) is 0 Å². The second-order valence-corrected chi connectivity index (χ2v) is 6.88. The number of carbonyl (C=O) groups excluding carboxylic acids is 3. The Bertz CT molecular complexity index is 895. The van der Waals surface area contributed by atoms with E-state index in [2.05, 4.69) is 10.5 Å². The molecule has 1 amide bonds. The van der Waals surface area contributed by atoms with E-state index in [0.29, 0.717) is 17.0 Å². The Hall–Kier alpha value is -2.87. The predicted octanol–water partition coefficient (Wildman–Crippen LogP) is 3.16. The zero-order chi connectivity index (χ0) is 21.6. The highest BCUT2D eigenvalue weighted by molar-refractivity contribution is 6.33. The van der Waals surface area contributed by atoms with Crippen LogP contribution in [0.15, 0.2) is 28.8 Å². The van der Waals surface area contributed by atoms with E-state index < -0.39 is 30.5 Å². The van der Waals surface area contributed by atoms with Crippen LogP contribution in [0.2, 0.25) is 5.02 Å². The Morgan fingerprint density at radius 3 is 2.59 bits per heavy atom. The summed E-state index contributed by atoms with van der Waals surface area (Å²) in [5, 5.41) is 6.82. The Balaban J connectivity index is 2.10. The van der Waals surface area contributed by atoms with Crippen molar-refractivity contribution in [2.24, 2.45) is 5.92 Å². The molecule has 0 saturated carbocycles. The van der Waals surface area contributed by atoms with E-state index in [1.54, 1.807) is 31.2 Å². The quantitative estimate of drug-likeness (QED) is 0.651. The first-order chi connectivity index (χ1) is 13.8. The number of halogens is 1. The molecule has 0 fully saturated rings. The van der Waals surface area contributed by atoms with Crippen LogP contribution >= 0.6 is 11.6 Å². The highest BCUT2D eigenvalue weighted by Gasteiger charge is 2.28. The van der Waals surface area contributed by atoms with E-state index in [1.807, 2.05) is 13.8 Å². The Labute approximate surface area is 173 Å². The van der Waals surface area contributed by atoms with Gasteiger partial charge in [-0.15, -0.1) is 0 Å². The molecule has 2 aromatic rings. The van der Waals surface area contributed by atoms with Crippen LogP contribution < -0.4 is 5.32 Å². The van der Waals surface area contributed by atoms with Crippen LogP contribution in [0.5, 0.6) is 0 Å². The number of ether oxygens (including phenoxy) is 2. The molecule has 1 aromatic carbocycles. The van der Waals surface area contributed by atoms with Crippen molar-refractivity contribution in [3.05, 3.63) is 40.6 Å². The van der Waals surface area contributed by atoms with Crippen LogP contribution in [-0.2, 0) is 19.1 Å². The minimum atomic E-state index is -0.827. The number of hydrogen-bond donors (Lipinski definition) is 1. The molecule has 0 aliphatic heterocycles. The van der Waals surface area contributed by atoms with Gasteiger partial charge < -0.3 is 19.3 Å². The molecule has 1 heterocycles. The van der Waals surface area contributed by atoms with Gasteiger partial charge in [-0.05, 0) is 18.9 Å². The van der Waals surface area contributed by atoms with E-state index in [0.717, 1.165) is 0 Å². The largest absolute Gasteiger partial charge is 0.467 e. The number of methoxy groups -OCH3 is 1. The summed E-state index contributed by atoms with van der Waals surface area (Å²) in [6.45, 7) is 4.68. The third kappa shape index (κ3) is 5.35. The molecule has 0 bridgehead atoms. The highest BCUT2D eigenvalue weighted by atomic mass is 35.5. The molecule has 1 N–H and O–H groups in total. The summed E-state index contributed by atoms with van der Waals surface area (Å²) in [6, 6.07) is 6.01. The van der Waals surface area contributed by atoms with Gasteiger partial charge in [0.25, 0.3) is 5.91 Å². The van der Waals surface area contributed by atoms with Gasteiger partial charge in [0.2, 0.25) is 0 Å². The molecule has 29 heavy (non-hydrogen) atoms. The summed E-state index contributed by atoms with van der Waals surface area (Å²) < 4.78 is 14.9. The predicted molar refractivity (Wildman–Crippen MR) is 105 cm³/mol. The van der Waals surface area contributed by atoms with Gasteiger partial charge in [-0.25, -0.2) is 9.59 Å². The number of nitrogens with one attached hydrogen (secondary N) is 1. The van der Waals surface area contributed by atoms with Crippen LogP contribution in [0.1, 0.15) is 36.4 Å². The lowest BCUT2D eigenvalue weighted by Crippen LogP contribution is -2.47. The van der Waals surface area contributed by atoms with Gasteiger partial charge in [-0.3, -0.25) is 4.79 Å². The standard InChI is InChI=1S/C20H23ClN2O6/c1-5-11(2)17(20(26)27-4)22-15(24)10-28-19(25)16-12(3)29-23-18(16)13-8-6-7-9-14(13)21/h6-9,11,17H,5,10H2,1-4H3,(H,22,24)/t11-,17-/m0/s1. The van der Waals surface area contributed by atoms with Gasteiger partial charge in [0.1, 0.15) is 23.1 Å². The zero-order valence-corrected chi connectivity index (χ0v) is 17.4. The SMILES string of the molecule is CC[C@H](C)[C@H](NC(=O)COC(=O)c1c(-c2ccccc2Cl)noc1C)C(=O)OC. The summed E-state index contributed by atoms with van der Waals surface area (Å²) in [7, 11) is 1.24. The smallest absolute Gasteiger partial charge is 0.344 e. The summed E-state index contributed by atoms with van der Waals surface area (Å²) in [5.74, 6) is -1.88. The van der Waals surface area contributed by atoms with Crippen molar-refractivity contribution in [2.45, 2.75) is 33.2 Å². The van der Waals surface area contributed by atoms with Crippen LogP contribution in [0.3, 0.4) is 0 Å². The molecule has 0 aliphatic rings. The topological polar surface area (TPSA) is 108 Å². The summed E-state index contributed by atoms with van der Waals surface area (Å²) in [4.78, 5) is 36.6. The van der Waals surface area contributed by atoms with E-state index in [4.69, 9.17) is 25.6 Å². The molecule has 2 rings (SSSR count). The number of hydrogen-bond acceptors (Lipinski definition) is 7. The first-order valence-corrected chi connectivity index (χ1v) is 9.43. The lowest BCUT2D eigenvalue weighted by molar-refractivity contribution is -0.147. The molecule has 9 heteroatoms. The molecule has 0 spiro atoms. The van der Waals surface area contributed by atoms with Crippen molar-refractivity contribution in [1.82, 2.24) is 10.5 Å². The van der Waals surface area contributed by atoms with Gasteiger partial charge >= 0.3 is 11.9 Å². The van der Waals surface area contributed by atoms with Gasteiger partial charge in [-0.2, -0.15) is 0 Å². The van der Waals surface area contributed by atoms with E-state index >= 15 is 0 Å². The lowest BCUT2D eigenvalue weighted by Gasteiger charge is -2.21. The fraction of sp³-hybridized carbons (Fsp3) is 0.400. The fourth-order valence-electron chi connectivity index (χ4n) is 2.66. The molecule has 156 valence electrons. The van der Waals surface area contributed by atoms with Crippen molar-refractivity contribution in [3.8, 4) is 11.3 Å². The molecule has 0 aliphatic carbocycles. The number of aromatic nitrogens is 1. The first kappa shape index (κ1) is 22.4. The summed E-state index contributed by atoms with van der Waals surface area (Å²) >= 11 is 6.17. The molecule has 1 aromatic heterocycles. The van der Waals surface area contributed by atoms with Crippen molar-refractivity contribution < 1.29 is 28.4 Å². The van der Waals surface area contributed by atoms with E-state index in [-0.39, 0.29) is 22.9 Å². The van der Waals surface area contributed by atoms with Crippen molar-refractivity contribution >= 4 is 29.4 Å². The van der Waals surface area contributed by atoms with Gasteiger partial charge in [0.05, 0.1) is 12.1 Å². The second kappa shape index (κ2) is 10.1. The van der Waals surface area contributed by atoms with E-state index in [1.165, 1.54) is 7.11 Å². The molecular weight excluding hydrogens is 400 g/mol. The van der Waals surface area contributed by atoms with Crippen LogP contribution in [0.4, 0.5) is 0 Å². The lowest BCUT2D eigenvalue weighted by atomic mass is 9.99. The minimum absolute atomic E-state index is 0.0809. The highest BCUT2D eigenvalue weighted by Crippen LogP contribution is 2.31. The number of benzene rings is 1. The zero-order valence-electron chi connectivity index (χ0n) is 16.7. The average Bonchev–Trinajstić information content (AvgIpc) is 3.10. The monoisotopic (exact) mass is 422 g/mol. The normalized spacial score (nSPS) is 12.7. The number of aryl methyl sites for hydroxylation is 1. The number of carbonyl (C=O) groups is 3. The van der Waals surface area contributed by atoms with Gasteiger partial charge in [0.15, 0.2) is 6.61 Å². The summed E-state index contributed by atoms with van der Waals surface area (Å²) in [5.41, 5.74) is 0.813. The molecule has 0 radical (unpaired) electrons. The minimum Gasteiger partial charge on any atom is -0.467 e. The number of nitrogens with zero attached hydrogens (tertiary/aromatic N) is 1. The van der Waals surface area contributed by atoms with Crippen molar-refractivity contribution in [2.75, 3.05) is 13.7 Å². The molecule has 0 unspecified atom stereocenters. The second-order valence-electron chi connectivity index (χ2n) is 6.47. The maximum Gasteiger partial charge on any atom is 0.344 e. The van der Waals surface area contributed by atoms with Crippen LogP contribution in [0.25, 0.3) is 11.3 Å². The van der Waals surface area contributed by atoms with E-state index in [9.17, 15) is 14.4 Å². The molecule has 2 atom stereocenters. The Morgan fingerprint density at radius 2 is 1.97 bits per heavy atom. The first-order valence-electron chi connectivity index (χ1n) is 9.05. The average molecular weight is 423 g/mol. The molecular formula is C20H23ClN2O6. The maximum atomic E-state index is 12.6. The summed E-state index contributed by atoms with van der Waals surface area (Å²) in [6.07, 6.45) is 0.654. The number of amides is 1. The number of rotatable bonds is 8. The molecule has 8 nitrogen and oxygen atoms in total. The third-order valence-corrected chi connectivity index (χ3v) is 4.84. The third-order valence-electron chi connectivity index (χ3n) is 4.51. The van der Waals surface area contributed by atoms with Gasteiger partial charge in [-0.1, -0.05) is 55.2 Å².